The van der Waals surface area contributed by atoms with Crippen molar-refractivity contribution in [3.63, 3.8) is 0 Å². The van der Waals surface area contributed by atoms with Crippen LogP contribution in [0.3, 0.4) is 0 Å². The zero-order valence-corrected chi connectivity index (χ0v) is 13.9. The first-order chi connectivity index (χ1) is 10.8. The minimum atomic E-state index is -0.769. The van der Waals surface area contributed by atoms with Gasteiger partial charge in [-0.15, -0.1) is 0 Å². The van der Waals surface area contributed by atoms with Gasteiger partial charge in [-0.2, -0.15) is 0 Å². The third-order valence-electron chi connectivity index (χ3n) is 5.21. The fourth-order valence-electron chi connectivity index (χ4n) is 3.75. The highest BCUT2D eigenvalue weighted by Gasteiger charge is 2.35. The maximum absolute atomic E-state index is 11.1. The molecule has 2 aliphatic carbocycles. The second-order valence-electron chi connectivity index (χ2n) is 7.92. The van der Waals surface area contributed by atoms with Crippen molar-refractivity contribution in [2.75, 3.05) is 0 Å². The van der Waals surface area contributed by atoms with E-state index in [9.17, 15) is 9.90 Å². The van der Waals surface area contributed by atoms with E-state index in [2.05, 4.69) is 13.8 Å². The molecule has 1 aromatic carbocycles. The van der Waals surface area contributed by atoms with E-state index in [1.165, 1.54) is 0 Å². The van der Waals surface area contributed by atoms with Crippen molar-refractivity contribution in [1.29, 1.82) is 0 Å². The molecule has 0 aliphatic heterocycles. The van der Waals surface area contributed by atoms with Crippen molar-refractivity contribution in [3.8, 4) is 11.5 Å². The second-order valence-corrected chi connectivity index (χ2v) is 7.92. The Kier molecular flexibility index (Phi) is 4.26. The molecule has 0 radical (unpaired) electrons. The number of benzene rings is 1. The maximum Gasteiger partial charge on any atom is 0.303 e. The SMILES string of the molecule is CC1(C)CCC(Oc2cc(C(CC(=O)O)C3CC3)ccc2O)C1. The number of aliphatic carboxylic acids is 1. The summed E-state index contributed by atoms with van der Waals surface area (Å²) in [6, 6.07) is 5.33. The summed E-state index contributed by atoms with van der Waals surface area (Å²) in [7, 11) is 0. The Morgan fingerprint density at radius 2 is 2.09 bits per heavy atom. The van der Waals surface area contributed by atoms with Crippen molar-refractivity contribution >= 4 is 5.97 Å². The summed E-state index contributed by atoms with van der Waals surface area (Å²) >= 11 is 0. The largest absolute Gasteiger partial charge is 0.504 e. The van der Waals surface area contributed by atoms with Crippen LogP contribution >= 0.6 is 0 Å². The molecule has 2 saturated carbocycles. The van der Waals surface area contributed by atoms with E-state index in [0.29, 0.717) is 11.7 Å². The van der Waals surface area contributed by atoms with Crippen molar-refractivity contribution in [3.05, 3.63) is 23.8 Å². The van der Waals surface area contributed by atoms with E-state index in [-0.39, 0.29) is 29.6 Å². The number of phenols is 1. The molecule has 0 amide bonds. The Balaban J connectivity index is 1.77. The van der Waals surface area contributed by atoms with Crippen LogP contribution in [0.15, 0.2) is 18.2 Å². The zero-order valence-electron chi connectivity index (χ0n) is 13.9. The smallest absolute Gasteiger partial charge is 0.303 e. The zero-order chi connectivity index (χ0) is 16.6. The molecule has 4 heteroatoms. The lowest BCUT2D eigenvalue weighted by Crippen LogP contribution is -2.15. The van der Waals surface area contributed by atoms with Crippen molar-refractivity contribution < 1.29 is 19.7 Å². The average molecular weight is 318 g/mol. The van der Waals surface area contributed by atoms with E-state index >= 15 is 0 Å². The number of carboxylic acid groups (broad SMARTS) is 1. The van der Waals surface area contributed by atoms with Gasteiger partial charge in [0.2, 0.25) is 0 Å². The third kappa shape index (κ3) is 3.98. The van der Waals surface area contributed by atoms with Gasteiger partial charge in [0.05, 0.1) is 12.5 Å². The van der Waals surface area contributed by atoms with Gasteiger partial charge >= 0.3 is 5.97 Å². The van der Waals surface area contributed by atoms with Gasteiger partial charge in [0, 0.05) is 0 Å². The van der Waals surface area contributed by atoms with Crippen LogP contribution in [-0.2, 0) is 4.79 Å². The lowest BCUT2D eigenvalue weighted by atomic mass is 9.90. The molecular formula is C19H26O4. The molecule has 0 heterocycles. The molecule has 3 rings (SSSR count). The van der Waals surface area contributed by atoms with Crippen LogP contribution in [0.5, 0.6) is 11.5 Å². The van der Waals surface area contributed by atoms with Gasteiger partial charge in [0.25, 0.3) is 0 Å². The molecule has 2 unspecified atom stereocenters. The average Bonchev–Trinajstić information content (AvgIpc) is 3.24. The summed E-state index contributed by atoms with van der Waals surface area (Å²) in [6.45, 7) is 4.48. The van der Waals surface area contributed by atoms with Crippen LogP contribution in [0, 0.1) is 11.3 Å². The number of hydrogen-bond acceptors (Lipinski definition) is 3. The first-order valence-corrected chi connectivity index (χ1v) is 8.55. The molecule has 4 nitrogen and oxygen atoms in total. The molecule has 2 atom stereocenters. The number of rotatable bonds is 6. The predicted octanol–water partition coefficient (Wildman–Crippen LogP) is 4.32. The van der Waals surface area contributed by atoms with E-state index in [4.69, 9.17) is 9.84 Å². The van der Waals surface area contributed by atoms with E-state index < -0.39 is 5.97 Å². The number of carbonyl (C=O) groups is 1. The Labute approximate surface area is 137 Å². The molecule has 2 aliphatic rings. The minimum absolute atomic E-state index is 0.0236. The van der Waals surface area contributed by atoms with Crippen molar-refractivity contribution in [2.45, 2.75) is 64.4 Å². The molecule has 0 spiro atoms. The normalized spacial score (nSPS) is 24.3. The van der Waals surface area contributed by atoms with Gasteiger partial charge < -0.3 is 14.9 Å². The standard InChI is InChI=1S/C19H26O4/c1-19(2)8-7-14(11-19)23-17-9-13(5-6-16(17)20)15(10-18(21)22)12-3-4-12/h5-6,9,12,14-15,20H,3-4,7-8,10-11H2,1-2H3,(H,21,22). The van der Waals surface area contributed by atoms with E-state index in [0.717, 1.165) is 37.7 Å². The molecular weight excluding hydrogens is 292 g/mol. The highest BCUT2D eigenvalue weighted by Crippen LogP contribution is 2.46. The number of ether oxygens (including phenoxy) is 1. The molecule has 23 heavy (non-hydrogen) atoms. The van der Waals surface area contributed by atoms with Gasteiger partial charge in [0.15, 0.2) is 11.5 Å². The Morgan fingerprint density at radius 1 is 1.35 bits per heavy atom. The van der Waals surface area contributed by atoms with Gasteiger partial charge in [-0.05, 0) is 67.1 Å². The molecule has 0 bridgehead atoms. The van der Waals surface area contributed by atoms with Crippen molar-refractivity contribution in [2.24, 2.45) is 11.3 Å². The highest BCUT2D eigenvalue weighted by molar-refractivity contribution is 5.68. The van der Waals surface area contributed by atoms with E-state index in [1.807, 2.05) is 12.1 Å². The quantitative estimate of drug-likeness (QED) is 0.820. The van der Waals surface area contributed by atoms with Gasteiger partial charge in [0.1, 0.15) is 0 Å². The summed E-state index contributed by atoms with van der Waals surface area (Å²) in [4.78, 5) is 11.1. The number of carboxylic acids is 1. The first-order valence-electron chi connectivity index (χ1n) is 8.55. The summed E-state index contributed by atoms with van der Waals surface area (Å²) in [6.07, 6.45) is 5.56. The van der Waals surface area contributed by atoms with Crippen LogP contribution < -0.4 is 4.74 Å². The molecule has 126 valence electrons. The fourth-order valence-corrected chi connectivity index (χ4v) is 3.75. The van der Waals surface area contributed by atoms with Gasteiger partial charge in [-0.25, -0.2) is 0 Å². The summed E-state index contributed by atoms with van der Waals surface area (Å²) in [5.41, 5.74) is 1.26. The summed E-state index contributed by atoms with van der Waals surface area (Å²) in [5, 5.41) is 19.3. The van der Waals surface area contributed by atoms with Crippen LogP contribution in [0.2, 0.25) is 0 Å². The Bertz CT molecular complexity index is 589. The lowest BCUT2D eigenvalue weighted by molar-refractivity contribution is -0.137. The van der Waals surface area contributed by atoms with Crippen LogP contribution in [0.1, 0.15) is 63.9 Å². The molecule has 0 aromatic heterocycles. The number of phenolic OH excluding ortho intramolecular Hbond substituents is 1. The number of hydrogen-bond donors (Lipinski definition) is 2. The van der Waals surface area contributed by atoms with Crippen molar-refractivity contribution in [1.82, 2.24) is 0 Å². The Morgan fingerprint density at radius 3 is 2.65 bits per heavy atom. The topological polar surface area (TPSA) is 66.8 Å². The minimum Gasteiger partial charge on any atom is -0.504 e. The predicted molar refractivity (Wildman–Crippen MR) is 87.9 cm³/mol. The summed E-state index contributed by atoms with van der Waals surface area (Å²) < 4.78 is 6.04. The molecule has 1 aromatic rings. The van der Waals surface area contributed by atoms with Gasteiger partial charge in [-0.1, -0.05) is 19.9 Å². The first kappa shape index (κ1) is 16.2. The van der Waals surface area contributed by atoms with Gasteiger partial charge in [-0.3, -0.25) is 4.79 Å². The second kappa shape index (κ2) is 6.06. The lowest BCUT2D eigenvalue weighted by Gasteiger charge is -2.20. The molecule has 2 fully saturated rings. The molecule has 0 saturated heterocycles. The van der Waals surface area contributed by atoms with Crippen LogP contribution in [0.4, 0.5) is 0 Å². The third-order valence-corrected chi connectivity index (χ3v) is 5.21. The maximum atomic E-state index is 11.1. The monoisotopic (exact) mass is 318 g/mol. The van der Waals surface area contributed by atoms with Crippen LogP contribution in [0.25, 0.3) is 0 Å². The fraction of sp³-hybridized carbons (Fsp3) is 0.632. The number of aromatic hydroxyl groups is 1. The summed E-state index contributed by atoms with van der Waals surface area (Å²) in [5.74, 6) is 0.351. The molecule has 2 N–H and O–H groups in total. The Hall–Kier alpha value is -1.71. The highest BCUT2D eigenvalue weighted by atomic mass is 16.5. The van der Waals surface area contributed by atoms with Crippen LogP contribution in [-0.4, -0.2) is 22.3 Å². The van der Waals surface area contributed by atoms with E-state index in [1.54, 1.807) is 6.07 Å².